The first kappa shape index (κ1) is 18.8. The maximum atomic E-state index is 11.0. The van der Waals surface area contributed by atoms with Gasteiger partial charge in [0.05, 0.1) is 35.2 Å². The molecular weight excluding hydrogens is 388 g/mol. The van der Waals surface area contributed by atoms with Gasteiger partial charge >= 0.3 is 5.97 Å². The SMILES string of the molecule is COc1cc(/C=N/Nc2cccc(C(=O)O)c2)cc(Br)c1OC(C)C. The summed E-state index contributed by atoms with van der Waals surface area (Å²) in [5.41, 5.74) is 4.38. The van der Waals surface area contributed by atoms with Crippen molar-refractivity contribution in [3.8, 4) is 11.5 Å². The second-order valence-corrected chi connectivity index (χ2v) is 6.31. The third-order valence-electron chi connectivity index (χ3n) is 3.12. The molecule has 2 aromatic carbocycles. The number of carbonyl (C=O) groups is 1. The molecule has 0 amide bonds. The van der Waals surface area contributed by atoms with Crippen LogP contribution in [0, 0.1) is 0 Å². The molecule has 0 bridgehead atoms. The van der Waals surface area contributed by atoms with Gasteiger partial charge in [-0.25, -0.2) is 4.79 Å². The van der Waals surface area contributed by atoms with E-state index in [1.807, 2.05) is 19.9 Å². The van der Waals surface area contributed by atoms with E-state index in [1.54, 1.807) is 31.5 Å². The zero-order valence-electron chi connectivity index (χ0n) is 14.1. The molecule has 0 aliphatic rings. The minimum Gasteiger partial charge on any atom is -0.493 e. The van der Waals surface area contributed by atoms with Crippen molar-refractivity contribution in [1.82, 2.24) is 0 Å². The lowest BCUT2D eigenvalue weighted by Gasteiger charge is -2.15. The van der Waals surface area contributed by atoms with Crippen LogP contribution >= 0.6 is 15.9 Å². The molecule has 2 rings (SSSR count). The molecule has 132 valence electrons. The second-order valence-electron chi connectivity index (χ2n) is 5.46. The van der Waals surface area contributed by atoms with Crippen LogP contribution in [-0.2, 0) is 0 Å². The van der Waals surface area contributed by atoms with Crippen molar-refractivity contribution in [2.24, 2.45) is 5.10 Å². The third kappa shape index (κ3) is 5.22. The van der Waals surface area contributed by atoms with Crippen molar-refractivity contribution >= 4 is 33.8 Å². The molecule has 0 saturated carbocycles. The number of halogens is 1. The highest BCUT2D eigenvalue weighted by molar-refractivity contribution is 9.10. The van der Waals surface area contributed by atoms with Gasteiger partial charge in [-0.05, 0) is 65.7 Å². The first-order valence-electron chi connectivity index (χ1n) is 7.57. The summed E-state index contributed by atoms with van der Waals surface area (Å²) in [6.45, 7) is 3.88. The lowest BCUT2D eigenvalue weighted by atomic mass is 10.2. The number of methoxy groups -OCH3 is 1. The molecular formula is C18H19BrN2O4. The van der Waals surface area contributed by atoms with Gasteiger partial charge in [0.1, 0.15) is 0 Å². The number of hydrazone groups is 1. The topological polar surface area (TPSA) is 80.2 Å². The van der Waals surface area contributed by atoms with E-state index in [4.69, 9.17) is 14.6 Å². The van der Waals surface area contributed by atoms with Crippen molar-refractivity contribution in [2.45, 2.75) is 20.0 Å². The van der Waals surface area contributed by atoms with Crippen LogP contribution in [0.3, 0.4) is 0 Å². The van der Waals surface area contributed by atoms with Crippen molar-refractivity contribution in [1.29, 1.82) is 0 Å². The van der Waals surface area contributed by atoms with E-state index >= 15 is 0 Å². The molecule has 0 heterocycles. The minimum atomic E-state index is -0.984. The predicted molar refractivity (Wildman–Crippen MR) is 101 cm³/mol. The number of aromatic carboxylic acids is 1. The summed E-state index contributed by atoms with van der Waals surface area (Å²) in [7, 11) is 1.57. The Balaban J connectivity index is 2.17. The Bertz CT molecular complexity index is 791. The van der Waals surface area contributed by atoms with Gasteiger partial charge in [-0.15, -0.1) is 0 Å². The third-order valence-corrected chi connectivity index (χ3v) is 3.71. The average molecular weight is 407 g/mol. The number of nitrogens with one attached hydrogen (secondary N) is 1. The van der Waals surface area contributed by atoms with Crippen molar-refractivity contribution in [3.05, 3.63) is 52.0 Å². The molecule has 0 saturated heterocycles. The summed E-state index contributed by atoms with van der Waals surface area (Å²) < 4.78 is 11.9. The predicted octanol–water partition coefficient (Wildman–Crippen LogP) is 4.39. The van der Waals surface area contributed by atoms with Gasteiger partial charge in [-0.1, -0.05) is 6.07 Å². The molecule has 0 spiro atoms. The van der Waals surface area contributed by atoms with Gasteiger partial charge in [-0.2, -0.15) is 5.10 Å². The summed E-state index contributed by atoms with van der Waals surface area (Å²) >= 11 is 3.48. The van der Waals surface area contributed by atoms with Gasteiger partial charge < -0.3 is 14.6 Å². The van der Waals surface area contributed by atoms with E-state index in [-0.39, 0.29) is 11.7 Å². The van der Waals surface area contributed by atoms with E-state index in [0.29, 0.717) is 17.2 Å². The lowest BCUT2D eigenvalue weighted by Crippen LogP contribution is -2.07. The van der Waals surface area contributed by atoms with Crippen molar-refractivity contribution < 1.29 is 19.4 Å². The molecule has 0 radical (unpaired) electrons. The number of benzene rings is 2. The first-order chi connectivity index (χ1) is 11.9. The fourth-order valence-corrected chi connectivity index (χ4v) is 2.62. The number of anilines is 1. The van der Waals surface area contributed by atoms with Gasteiger partial charge in [-0.3, -0.25) is 5.43 Å². The van der Waals surface area contributed by atoms with Crippen molar-refractivity contribution in [3.63, 3.8) is 0 Å². The summed E-state index contributed by atoms with van der Waals surface area (Å²) in [5.74, 6) is 0.246. The van der Waals surface area contributed by atoms with E-state index in [0.717, 1.165) is 10.0 Å². The Morgan fingerprint density at radius 2 is 2.08 bits per heavy atom. The van der Waals surface area contributed by atoms with Crippen LogP contribution in [0.25, 0.3) is 0 Å². The van der Waals surface area contributed by atoms with E-state index in [1.165, 1.54) is 12.1 Å². The smallest absolute Gasteiger partial charge is 0.335 e. The number of rotatable bonds is 7. The summed E-state index contributed by atoms with van der Waals surface area (Å²) in [6.07, 6.45) is 1.63. The number of carboxylic acid groups (broad SMARTS) is 1. The summed E-state index contributed by atoms with van der Waals surface area (Å²) in [6, 6.07) is 10.1. The number of ether oxygens (including phenoxy) is 2. The zero-order valence-corrected chi connectivity index (χ0v) is 15.7. The van der Waals surface area contributed by atoms with Crippen LogP contribution in [0.2, 0.25) is 0 Å². The molecule has 0 atom stereocenters. The molecule has 25 heavy (non-hydrogen) atoms. The quantitative estimate of drug-likeness (QED) is 0.526. The van der Waals surface area contributed by atoms with Crippen LogP contribution in [-0.4, -0.2) is 30.5 Å². The maximum absolute atomic E-state index is 11.0. The Hall–Kier alpha value is -2.54. The average Bonchev–Trinajstić information content (AvgIpc) is 2.57. The largest absolute Gasteiger partial charge is 0.493 e. The Labute approximate surface area is 154 Å². The van der Waals surface area contributed by atoms with Gasteiger partial charge in [0.25, 0.3) is 0 Å². The number of carboxylic acids is 1. The highest BCUT2D eigenvalue weighted by atomic mass is 79.9. The molecule has 2 aromatic rings. The zero-order chi connectivity index (χ0) is 18.4. The molecule has 2 N–H and O–H groups in total. The summed E-state index contributed by atoms with van der Waals surface area (Å²) in [5, 5.41) is 13.1. The Morgan fingerprint density at radius 3 is 2.72 bits per heavy atom. The van der Waals surface area contributed by atoms with Crippen LogP contribution in [0.15, 0.2) is 46.0 Å². The normalized spacial score (nSPS) is 10.9. The number of nitrogens with zero attached hydrogens (tertiary/aromatic N) is 1. The van der Waals surface area contributed by atoms with Gasteiger partial charge in [0.2, 0.25) is 0 Å². The molecule has 7 heteroatoms. The number of hydrogen-bond acceptors (Lipinski definition) is 5. The van der Waals surface area contributed by atoms with Crippen molar-refractivity contribution in [2.75, 3.05) is 12.5 Å². The standard InChI is InChI=1S/C18H19BrN2O4/c1-11(2)25-17-15(19)7-12(8-16(17)24-3)10-20-21-14-6-4-5-13(9-14)18(22)23/h4-11,21H,1-3H3,(H,22,23)/b20-10+. The number of hydrogen-bond donors (Lipinski definition) is 2. The van der Waals surface area contributed by atoms with E-state index in [9.17, 15) is 4.79 Å². The van der Waals surface area contributed by atoms with Crippen LogP contribution in [0.5, 0.6) is 11.5 Å². The van der Waals surface area contributed by atoms with E-state index in [2.05, 4.69) is 26.5 Å². The maximum Gasteiger partial charge on any atom is 0.335 e. The second kappa shape index (κ2) is 8.53. The summed E-state index contributed by atoms with van der Waals surface area (Å²) in [4.78, 5) is 11.0. The minimum absolute atomic E-state index is 0.0212. The Morgan fingerprint density at radius 1 is 1.32 bits per heavy atom. The molecule has 0 aromatic heterocycles. The van der Waals surface area contributed by atoms with E-state index < -0.39 is 5.97 Å². The molecule has 0 fully saturated rings. The highest BCUT2D eigenvalue weighted by Gasteiger charge is 2.12. The first-order valence-corrected chi connectivity index (χ1v) is 8.36. The lowest BCUT2D eigenvalue weighted by molar-refractivity contribution is 0.0697. The molecule has 0 aliphatic carbocycles. The van der Waals surface area contributed by atoms with Crippen LogP contribution in [0.4, 0.5) is 5.69 Å². The van der Waals surface area contributed by atoms with Gasteiger partial charge in [0.15, 0.2) is 11.5 Å². The van der Waals surface area contributed by atoms with Crippen LogP contribution in [0.1, 0.15) is 29.8 Å². The van der Waals surface area contributed by atoms with Gasteiger partial charge in [0, 0.05) is 0 Å². The Kier molecular flexibility index (Phi) is 6.41. The molecule has 0 unspecified atom stereocenters. The highest BCUT2D eigenvalue weighted by Crippen LogP contribution is 2.37. The fraction of sp³-hybridized carbons (Fsp3) is 0.222. The molecule has 6 nitrogen and oxygen atoms in total. The van der Waals surface area contributed by atoms with Crippen LogP contribution < -0.4 is 14.9 Å². The molecule has 0 aliphatic heterocycles. The fourth-order valence-electron chi connectivity index (χ4n) is 2.07. The monoisotopic (exact) mass is 406 g/mol.